The molecule has 9 heterocycles. The van der Waals surface area contributed by atoms with Gasteiger partial charge in [0, 0.05) is 40.4 Å². The van der Waals surface area contributed by atoms with Crippen LogP contribution in [0.5, 0.6) is 71.1 Å². The van der Waals surface area contributed by atoms with Gasteiger partial charge in [-0.1, -0.05) is 190 Å². The van der Waals surface area contributed by atoms with Gasteiger partial charge < -0.3 is 56.8 Å². The summed E-state index contributed by atoms with van der Waals surface area (Å²) in [6.07, 6.45) is 3.63. The fraction of sp³-hybridized carbons (Fsp3) is 0.255. The van der Waals surface area contributed by atoms with Gasteiger partial charge in [0.25, 0.3) is 0 Å². The fourth-order valence-electron chi connectivity index (χ4n) is 14.8. The van der Waals surface area contributed by atoms with E-state index in [-0.39, 0.29) is 29.5 Å². The Hall–Kier alpha value is -14.4. The van der Waals surface area contributed by atoms with Gasteiger partial charge in [-0.25, -0.2) is 19.9 Å². The molecular weight excluding hydrogens is 2040 g/mol. The Labute approximate surface area is 886 Å². The molecule has 0 amide bonds. The van der Waals surface area contributed by atoms with Crippen molar-refractivity contribution < 1.29 is 70.0 Å². The van der Waals surface area contributed by atoms with Crippen LogP contribution in [0.2, 0.25) is 35.2 Å². The van der Waals surface area contributed by atoms with E-state index in [0.717, 1.165) is 142 Å². The highest BCUT2D eigenvalue weighted by molar-refractivity contribution is 6.39. The molecule has 0 spiro atoms. The van der Waals surface area contributed by atoms with Crippen LogP contribution in [-0.4, -0.2) is 169 Å². The molecule has 10 aromatic carbocycles. The highest BCUT2D eigenvalue weighted by atomic mass is 35.5. The molecule has 2 fully saturated rings. The first-order valence-corrected chi connectivity index (χ1v) is 48.9. The number of hydrogen-bond acceptors (Lipinski definition) is 28. The Morgan fingerprint density at radius 1 is 0.284 bits per heavy atom. The van der Waals surface area contributed by atoms with E-state index in [9.17, 15) is 13.2 Å². The second-order valence-corrected chi connectivity index (χ2v) is 36.3. The molecule has 0 aliphatic heterocycles. The number of aryl methyl sites for hydroxylation is 9. The van der Waals surface area contributed by atoms with Crippen molar-refractivity contribution in [2.75, 3.05) is 77.2 Å². The molecule has 38 heteroatoms. The zero-order chi connectivity index (χ0) is 106. The first kappa shape index (κ1) is 109. The van der Waals surface area contributed by atoms with Crippen molar-refractivity contribution in [3.63, 3.8) is 0 Å². The number of alkyl halides is 3. The summed E-state index contributed by atoms with van der Waals surface area (Å²) in [6, 6.07) is 57.1. The maximum absolute atomic E-state index is 12.1. The third-order valence-corrected chi connectivity index (χ3v) is 26.6. The molecule has 0 radical (unpaired) electrons. The molecule has 19 aromatic rings. The number of halogens is 10. The first-order chi connectivity index (χ1) is 71.1. The zero-order valence-corrected chi connectivity index (χ0v) is 89.4. The van der Waals surface area contributed by atoms with Gasteiger partial charge in [-0.15, -0.1) is 0 Å². The van der Waals surface area contributed by atoms with Crippen molar-refractivity contribution in [3.8, 4) is 105 Å². The van der Waals surface area contributed by atoms with Crippen LogP contribution in [0.4, 0.5) is 13.2 Å². The summed E-state index contributed by atoms with van der Waals surface area (Å²) in [6.45, 7) is 18.6. The standard InChI is InChI=1S/C18H17NO.C16H13ClN2O.C15H12ClN3O.C13H13ClN2O2.C13H13ClN2O.C12H10ClF3N2O2.C12H13ClN2O2.C11H11ClN2O2/c1-12-9-15-11-17(14-7-5-4-6-8-14)19-18(20-3)16(15)10-13(12)2;1-10-8-9-12-14(13(10)17)18-15(19-16(12)20-2)11-6-4-3-5-7-11;1-9-3-4-11-13(12(9)16)18-14(19-15(11)20-2)10-5-7-17-8-6-10;1-7-3-6-9-11(10(7)14)15-13(16-12(9)17-2)18-8-4-5-8;1-7-3-6-9-11(10(7)14)15-12(8-4-5-8)16-13(9)17-2;1-6-3-4-7-9(8(6)13)17-11(18-10(7)19-2)20-5-12(14,15)16;1-4-17-12-14-10-8(11(15-12)16-3)6-5-7(2)9(10)13;1-6-4-5-7-9(8(6)12)13-11(16-3)14-10(7)15-2/h4-11H,1-3H3;3-9H,1-2H3;3-8H,1-2H3;3,6,8H,4-5H2,1-2H3;3,6,8H,4-5H2,1-2H3;3-4H,5H2,1-2H3;5-6H,4H2,1-3H3;4-5H,1-3H3. The van der Waals surface area contributed by atoms with Crippen molar-refractivity contribution in [1.82, 2.24) is 79.7 Å². The van der Waals surface area contributed by atoms with Crippen LogP contribution < -0.4 is 56.8 Å². The fourth-order valence-corrected chi connectivity index (χ4v) is 16.3. The molecule has 0 unspecified atom stereocenters. The lowest BCUT2D eigenvalue weighted by Crippen LogP contribution is -2.20. The molecule has 21 rings (SSSR count). The molecule has 0 saturated heterocycles. The molecule has 0 N–H and O–H groups in total. The Kier molecular flexibility index (Phi) is 36.5. The van der Waals surface area contributed by atoms with Crippen molar-refractivity contribution in [3.05, 3.63) is 279 Å². The van der Waals surface area contributed by atoms with Crippen molar-refractivity contribution in [2.24, 2.45) is 0 Å². The lowest BCUT2D eigenvalue weighted by atomic mass is 10.0. The first-order valence-electron chi connectivity index (χ1n) is 46.2. The number of benzene rings is 10. The minimum absolute atomic E-state index is 0.106. The molecule has 764 valence electrons. The third-order valence-electron chi connectivity index (χ3n) is 23.2. The summed E-state index contributed by atoms with van der Waals surface area (Å²) in [5.74, 6) is 6.44. The summed E-state index contributed by atoms with van der Waals surface area (Å²) >= 11 is 43.8. The van der Waals surface area contributed by atoms with Crippen LogP contribution in [0.15, 0.2) is 188 Å². The van der Waals surface area contributed by atoms with Crippen molar-refractivity contribution in [1.29, 1.82) is 0 Å². The van der Waals surface area contributed by atoms with E-state index < -0.39 is 18.8 Å². The lowest BCUT2D eigenvalue weighted by molar-refractivity contribution is -0.154. The minimum atomic E-state index is -4.47. The smallest absolute Gasteiger partial charge is 0.422 e. The highest BCUT2D eigenvalue weighted by Gasteiger charge is 2.32. The highest BCUT2D eigenvalue weighted by Crippen LogP contribution is 2.44. The van der Waals surface area contributed by atoms with Crippen LogP contribution in [0.1, 0.15) is 94.4 Å². The van der Waals surface area contributed by atoms with Gasteiger partial charge in [0.1, 0.15) is 34.0 Å². The largest absolute Gasteiger partial charge is 0.481 e. The predicted octanol–water partition coefficient (Wildman–Crippen LogP) is 28.2. The van der Waals surface area contributed by atoms with Crippen molar-refractivity contribution in [2.45, 2.75) is 113 Å². The molecule has 28 nitrogen and oxygen atoms in total. The molecule has 2 saturated carbocycles. The summed E-state index contributed by atoms with van der Waals surface area (Å²) < 4.78 is 99.1. The van der Waals surface area contributed by atoms with Gasteiger partial charge in [0.15, 0.2) is 18.3 Å². The van der Waals surface area contributed by atoms with Gasteiger partial charge in [0.2, 0.25) is 47.0 Å². The summed E-state index contributed by atoms with van der Waals surface area (Å²) in [5.41, 5.74) is 17.5. The van der Waals surface area contributed by atoms with E-state index in [1.165, 1.54) is 30.7 Å². The maximum atomic E-state index is 12.1. The molecule has 9 aromatic heterocycles. The quantitative estimate of drug-likeness (QED) is 0.0726. The molecular formula is C110H102Cl7F3N16O12. The number of aromatic nitrogens is 16. The number of rotatable bonds is 19. The molecule has 0 bridgehead atoms. The van der Waals surface area contributed by atoms with Crippen LogP contribution in [0.3, 0.4) is 0 Å². The molecule has 0 atom stereocenters. The van der Waals surface area contributed by atoms with E-state index in [1.54, 1.807) is 81.2 Å². The van der Waals surface area contributed by atoms with Gasteiger partial charge in [-0.3, -0.25) is 4.98 Å². The van der Waals surface area contributed by atoms with Crippen LogP contribution >= 0.6 is 81.2 Å². The van der Waals surface area contributed by atoms with Crippen LogP contribution in [-0.2, 0) is 0 Å². The molecule has 2 aliphatic carbocycles. The second-order valence-electron chi connectivity index (χ2n) is 33.7. The van der Waals surface area contributed by atoms with E-state index in [1.807, 2.05) is 182 Å². The van der Waals surface area contributed by atoms with Gasteiger partial charge >= 0.3 is 30.2 Å². The van der Waals surface area contributed by atoms with E-state index >= 15 is 0 Å². The monoisotopic (exact) mass is 2140 g/mol. The Balaban J connectivity index is 0.000000134. The number of nitrogens with zero attached hydrogens (tertiary/aromatic N) is 16. The van der Waals surface area contributed by atoms with E-state index in [4.69, 9.17) is 133 Å². The average molecular weight is 2150 g/mol. The number of ether oxygens (including phenoxy) is 12. The summed E-state index contributed by atoms with van der Waals surface area (Å²) in [5, 5.41) is 11.7. The SMILES string of the molecule is CCOc1nc(OC)c2ccc(C)c(Cl)c2n1.COc1nc(-c2ccccc2)cc2cc(C)c(C)cc12.COc1nc(-c2ccccc2)nc2c(Cl)c(C)ccc12.COc1nc(-c2ccncc2)nc2c(Cl)c(C)ccc12.COc1nc(C2CC2)nc2c(Cl)c(C)ccc12.COc1nc(OC)c2ccc(C)c(Cl)c2n1.COc1nc(OC2CC2)nc2c(Cl)c(C)ccc12.COc1nc(OCC(F)(F)F)nc2c(Cl)c(C)ccc12. The van der Waals surface area contributed by atoms with Crippen molar-refractivity contribution >= 4 is 168 Å². The normalized spacial score (nSPS) is 11.8. The topological polar surface area (TPSA) is 317 Å². The van der Waals surface area contributed by atoms with Gasteiger partial charge in [-0.2, -0.15) is 68.0 Å². The number of hydrogen-bond donors (Lipinski definition) is 0. The third kappa shape index (κ3) is 26.0. The summed E-state index contributed by atoms with van der Waals surface area (Å²) in [7, 11) is 14.0. The second kappa shape index (κ2) is 49.4. The molecule has 2 aliphatic rings. The van der Waals surface area contributed by atoms with Crippen LogP contribution in [0, 0.1) is 62.3 Å². The summed E-state index contributed by atoms with van der Waals surface area (Å²) in [4.78, 5) is 68.8. The lowest BCUT2D eigenvalue weighted by Gasteiger charge is -2.11. The average Bonchev–Trinajstić information content (AvgIpc) is 1.70. The predicted molar refractivity (Wildman–Crippen MR) is 578 cm³/mol. The van der Waals surface area contributed by atoms with Crippen LogP contribution in [0.25, 0.3) is 121 Å². The minimum Gasteiger partial charge on any atom is -0.481 e. The Bertz CT molecular complexity index is 7920. The Morgan fingerprint density at radius 2 is 0.595 bits per heavy atom. The zero-order valence-electron chi connectivity index (χ0n) is 84.1. The number of pyridine rings is 2. The number of fused-ring (bicyclic) bond motifs is 8. The van der Waals surface area contributed by atoms with Gasteiger partial charge in [-0.05, 0) is 217 Å². The molecule has 148 heavy (non-hydrogen) atoms. The van der Waals surface area contributed by atoms with E-state index in [0.29, 0.717) is 134 Å². The Morgan fingerprint density at radius 3 is 0.953 bits per heavy atom. The van der Waals surface area contributed by atoms with E-state index in [2.05, 4.69) is 129 Å². The van der Waals surface area contributed by atoms with Gasteiger partial charge in [0.05, 0.1) is 166 Å². The number of methoxy groups -OCH3 is 9. The maximum Gasteiger partial charge on any atom is 0.422 e.